The first-order chi connectivity index (χ1) is 11.6. The second-order valence-electron chi connectivity index (χ2n) is 5.13. The highest BCUT2D eigenvalue weighted by atomic mass is 32.2. The maximum Gasteiger partial charge on any atom is 0.233 e. The number of nitrogens with zero attached hydrogens (tertiary/aromatic N) is 2. The average molecular weight is 367 g/mol. The molecule has 0 aliphatic rings. The molecular weight excluding hydrogens is 344 g/mol. The standard InChI is InChI=1S/C16H22N4O2S2/c1-4-9-17-15-19-20-16(24-15)23-11(2)14(21)18-10-12-5-7-13(22-3)8-6-12/h5-8,11H,4,9-10H2,1-3H3,(H,17,19)(H,18,21)/t11-/m0/s1. The minimum absolute atomic E-state index is 0.0194. The predicted octanol–water partition coefficient (Wildman–Crippen LogP) is 3.17. The summed E-state index contributed by atoms with van der Waals surface area (Å²) in [6.07, 6.45) is 1.03. The van der Waals surface area contributed by atoms with Crippen LogP contribution in [-0.2, 0) is 11.3 Å². The van der Waals surface area contributed by atoms with Crippen molar-refractivity contribution >= 4 is 34.1 Å². The smallest absolute Gasteiger partial charge is 0.233 e. The van der Waals surface area contributed by atoms with Crippen molar-refractivity contribution in [2.45, 2.75) is 36.4 Å². The van der Waals surface area contributed by atoms with Crippen LogP contribution in [0.25, 0.3) is 0 Å². The van der Waals surface area contributed by atoms with Crippen molar-refractivity contribution in [1.82, 2.24) is 15.5 Å². The van der Waals surface area contributed by atoms with Gasteiger partial charge in [0.05, 0.1) is 12.4 Å². The van der Waals surface area contributed by atoms with E-state index in [1.807, 2.05) is 31.2 Å². The number of anilines is 1. The molecule has 6 nitrogen and oxygen atoms in total. The minimum atomic E-state index is -0.227. The van der Waals surface area contributed by atoms with Crippen LogP contribution in [0.3, 0.4) is 0 Å². The fourth-order valence-corrected chi connectivity index (χ4v) is 3.79. The lowest BCUT2D eigenvalue weighted by Gasteiger charge is -2.10. The van der Waals surface area contributed by atoms with Crippen LogP contribution in [0.5, 0.6) is 5.75 Å². The molecule has 0 fully saturated rings. The van der Waals surface area contributed by atoms with Crippen molar-refractivity contribution < 1.29 is 9.53 Å². The predicted molar refractivity (Wildman–Crippen MR) is 98.8 cm³/mol. The summed E-state index contributed by atoms with van der Waals surface area (Å²) in [6, 6.07) is 7.64. The van der Waals surface area contributed by atoms with Crippen LogP contribution >= 0.6 is 23.1 Å². The molecule has 0 bridgehead atoms. The Morgan fingerprint density at radius 1 is 1.33 bits per heavy atom. The average Bonchev–Trinajstić information content (AvgIpc) is 3.05. The highest BCUT2D eigenvalue weighted by Gasteiger charge is 2.16. The van der Waals surface area contributed by atoms with Gasteiger partial charge in [-0.1, -0.05) is 42.2 Å². The Hall–Kier alpha value is -1.80. The first-order valence-corrected chi connectivity index (χ1v) is 9.46. The van der Waals surface area contributed by atoms with E-state index in [1.54, 1.807) is 7.11 Å². The van der Waals surface area contributed by atoms with Crippen LogP contribution in [0.15, 0.2) is 28.6 Å². The van der Waals surface area contributed by atoms with Crippen molar-refractivity contribution in [3.05, 3.63) is 29.8 Å². The molecule has 0 aliphatic heterocycles. The maximum absolute atomic E-state index is 12.2. The molecule has 2 N–H and O–H groups in total. The number of hydrogen-bond acceptors (Lipinski definition) is 7. The molecule has 0 spiro atoms. The zero-order chi connectivity index (χ0) is 17.4. The largest absolute Gasteiger partial charge is 0.497 e. The molecule has 0 saturated carbocycles. The van der Waals surface area contributed by atoms with Gasteiger partial charge in [-0.15, -0.1) is 10.2 Å². The fourth-order valence-electron chi connectivity index (χ4n) is 1.84. The lowest BCUT2D eigenvalue weighted by Crippen LogP contribution is -2.30. The van der Waals surface area contributed by atoms with Gasteiger partial charge in [0.25, 0.3) is 0 Å². The van der Waals surface area contributed by atoms with E-state index in [9.17, 15) is 4.79 Å². The second-order valence-corrected chi connectivity index (χ2v) is 7.69. The van der Waals surface area contributed by atoms with Crippen LogP contribution in [-0.4, -0.2) is 35.0 Å². The van der Waals surface area contributed by atoms with Gasteiger partial charge in [-0.25, -0.2) is 0 Å². The first-order valence-electron chi connectivity index (χ1n) is 7.77. The summed E-state index contributed by atoms with van der Waals surface area (Å²) in [5.74, 6) is 0.784. The number of thioether (sulfide) groups is 1. The highest BCUT2D eigenvalue weighted by Crippen LogP contribution is 2.28. The van der Waals surface area contributed by atoms with E-state index in [0.717, 1.165) is 33.7 Å². The van der Waals surface area contributed by atoms with E-state index < -0.39 is 0 Å². The number of methoxy groups -OCH3 is 1. The Bertz CT molecular complexity index is 646. The van der Waals surface area contributed by atoms with Gasteiger partial charge < -0.3 is 15.4 Å². The molecule has 0 saturated heterocycles. The van der Waals surface area contributed by atoms with Crippen LogP contribution < -0.4 is 15.4 Å². The molecular formula is C16H22N4O2S2. The van der Waals surface area contributed by atoms with Gasteiger partial charge in [-0.3, -0.25) is 4.79 Å². The van der Waals surface area contributed by atoms with Gasteiger partial charge in [-0.05, 0) is 31.0 Å². The zero-order valence-corrected chi connectivity index (χ0v) is 15.7. The van der Waals surface area contributed by atoms with Crippen molar-refractivity contribution in [2.75, 3.05) is 19.0 Å². The Labute approximate surface area is 150 Å². The zero-order valence-electron chi connectivity index (χ0n) is 14.0. The van der Waals surface area contributed by atoms with Crippen molar-refractivity contribution in [3.63, 3.8) is 0 Å². The number of nitrogens with one attached hydrogen (secondary N) is 2. The summed E-state index contributed by atoms with van der Waals surface area (Å²) >= 11 is 2.89. The summed E-state index contributed by atoms with van der Waals surface area (Å²) in [5, 5.41) is 14.9. The van der Waals surface area contributed by atoms with E-state index in [-0.39, 0.29) is 11.2 Å². The molecule has 1 amide bonds. The Balaban J connectivity index is 1.79. The quantitative estimate of drug-likeness (QED) is 0.664. The molecule has 8 heteroatoms. The Morgan fingerprint density at radius 2 is 2.08 bits per heavy atom. The molecule has 2 rings (SSSR count). The molecule has 1 atom stereocenters. The van der Waals surface area contributed by atoms with Crippen LogP contribution in [0.2, 0.25) is 0 Å². The van der Waals surface area contributed by atoms with Crippen molar-refractivity contribution in [1.29, 1.82) is 0 Å². The van der Waals surface area contributed by atoms with E-state index >= 15 is 0 Å². The summed E-state index contributed by atoms with van der Waals surface area (Å²) in [7, 11) is 1.63. The molecule has 0 unspecified atom stereocenters. The Kier molecular flexibility index (Phi) is 7.33. The highest BCUT2D eigenvalue weighted by molar-refractivity contribution is 8.02. The van der Waals surface area contributed by atoms with E-state index in [2.05, 4.69) is 27.8 Å². The van der Waals surface area contributed by atoms with Crippen molar-refractivity contribution in [2.24, 2.45) is 0 Å². The molecule has 1 aromatic carbocycles. The summed E-state index contributed by atoms with van der Waals surface area (Å²) in [4.78, 5) is 12.2. The Morgan fingerprint density at radius 3 is 2.75 bits per heavy atom. The number of carbonyl (C=O) groups is 1. The van der Waals surface area contributed by atoms with Gasteiger partial charge in [0, 0.05) is 13.1 Å². The van der Waals surface area contributed by atoms with E-state index in [0.29, 0.717) is 6.54 Å². The number of amides is 1. The molecule has 2 aromatic rings. The van der Waals surface area contributed by atoms with Gasteiger partial charge in [0.2, 0.25) is 11.0 Å². The fraction of sp³-hybridized carbons (Fsp3) is 0.438. The third-order valence-electron chi connectivity index (χ3n) is 3.21. The summed E-state index contributed by atoms with van der Waals surface area (Å²) in [5.41, 5.74) is 1.03. The number of hydrogen-bond donors (Lipinski definition) is 2. The topological polar surface area (TPSA) is 76.1 Å². The number of rotatable bonds is 9. The van der Waals surface area contributed by atoms with E-state index in [4.69, 9.17) is 4.74 Å². The third kappa shape index (κ3) is 5.68. The monoisotopic (exact) mass is 366 g/mol. The molecule has 1 heterocycles. The SMILES string of the molecule is CCCNc1nnc(S[C@@H](C)C(=O)NCc2ccc(OC)cc2)s1. The van der Waals surface area contributed by atoms with Crippen LogP contribution in [0, 0.1) is 0 Å². The van der Waals surface area contributed by atoms with Gasteiger partial charge in [-0.2, -0.15) is 0 Å². The molecule has 0 aliphatic carbocycles. The summed E-state index contributed by atoms with van der Waals surface area (Å²) < 4.78 is 5.91. The molecule has 24 heavy (non-hydrogen) atoms. The van der Waals surface area contributed by atoms with E-state index in [1.165, 1.54) is 23.1 Å². The maximum atomic E-state index is 12.2. The van der Waals surface area contributed by atoms with Gasteiger partial charge in [0.1, 0.15) is 5.75 Å². The first kappa shape index (κ1) is 18.5. The second kappa shape index (κ2) is 9.48. The van der Waals surface area contributed by atoms with Crippen molar-refractivity contribution in [3.8, 4) is 5.75 Å². The van der Waals surface area contributed by atoms with Gasteiger partial charge >= 0.3 is 0 Å². The number of ether oxygens (including phenoxy) is 1. The molecule has 130 valence electrons. The molecule has 0 radical (unpaired) electrons. The number of carbonyl (C=O) groups excluding carboxylic acids is 1. The minimum Gasteiger partial charge on any atom is -0.497 e. The number of benzene rings is 1. The molecule has 1 aromatic heterocycles. The van der Waals surface area contributed by atoms with Crippen LogP contribution in [0.4, 0.5) is 5.13 Å². The lowest BCUT2D eigenvalue weighted by atomic mass is 10.2. The van der Waals surface area contributed by atoms with Gasteiger partial charge in [0.15, 0.2) is 4.34 Å². The normalized spacial score (nSPS) is 11.8. The summed E-state index contributed by atoms with van der Waals surface area (Å²) in [6.45, 7) is 5.33. The van der Waals surface area contributed by atoms with Crippen LogP contribution in [0.1, 0.15) is 25.8 Å². The number of aromatic nitrogens is 2. The lowest BCUT2D eigenvalue weighted by molar-refractivity contribution is -0.120. The third-order valence-corrected chi connectivity index (χ3v) is 5.27.